The predicted molar refractivity (Wildman–Crippen MR) is 69.7 cm³/mol. The lowest BCUT2D eigenvalue weighted by Gasteiger charge is -2.24. The minimum absolute atomic E-state index is 0.170. The molecule has 0 radical (unpaired) electrons. The molecule has 1 aromatic rings. The summed E-state index contributed by atoms with van der Waals surface area (Å²) in [7, 11) is 0. The van der Waals surface area contributed by atoms with Crippen LogP contribution < -0.4 is 10.6 Å². The molecular formula is C13H19N3O. The standard InChI is InChI=1S/C13H19N3O/c1-9-8-11(16-7-3-4-10(16)2)5-6-12(9)13(14)15-17/h5-6,8,10,17H,3-4,7H2,1-2H3,(H2,14,15). The van der Waals surface area contributed by atoms with Crippen molar-refractivity contribution in [2.24, 2.45) is 10.9 Å². The highest BCUT2D eigenvalue weighted by Gasteiger charge is 2.20. The van der Waals surface area contributed by atoms with Crippen LogP contribution in [-0.2, 0) is 0 Å². The molecule has 0 aromatic heterocycles. The monoisotopic (exact) mass is 233 g/mol. The molecule has 0 aliphatic carbocycles. The van der Waals surface area contributed by atoms with Crippen LogP contribution in [0.1, 0.15) is 30.9 Å². The van der Waals surface area contributed by atoms with Crippen molar-refractivity contribution in [1.82, 2.24) is 0 Å². The van der Waals surface area contributed by atoms with Crippen LogP contribution in [0.4, 0.5) is 5.69 Å². The van der Waals surface area contributed by atoms with Gasteiger partial charge in [0, 0.05) is 23.8 Å². The first-order valence-electron chi connectivity index (χ1n) is 5.98. The van der Waals surface area contributed by atoms with Gasteiger partial charge in [-0.3, -0.25) is 0 Å². The summed E-state index contributed by atoms with van der Waals surface area (Å²) in [5, 5.41) is 11.7. The number of rotatable bonds is 2. The van der Waals surface area contributed by atoms with Crippen molar-refractivity contribution in [3.63, 3.8) is 0 Å². The van der Waals surface area contributed by atoms with Gasteiger partial charge in [0.15, 0.2) is 5.84 Å². The van der Waals surface area contributed by atoms with Crippen molar-refractivity contribution in [3.05, 3.63) is 29.3 Å². The Balaban J connectivity index is 2.30. The molecular weight excluding hydrogens is 214 g/mol. The number of nitrogens with two attached hydrogens (primary N) is 1. The third-order valence-electron chi connectivity index (χ3n) is 3.48. The Bertz CT molecular complexity index is 442. The SMILES string of the molecule is Cc1cc(N2CCCC2C)ccc1/C(N)=N/O. The van der Waals surface area contributed by atoms with Gasteiger partial charge in [-0.05, 0) is 50.5 Å². The van der Waals surface area contributed by atoms with Crippen molar-refractivity contribution in [2.75, 3.05) is 11.4 Å². The van der Waals surface area contributed by atoms with Gasteiger partial charge in [0.2, 0.25) is 0 Å². The summed E-state index contributed by atoms with van der Waals surface area (Å²) in [5.41, 5.74) is 8.67. The molecule has 1 heterocycles. The average Bonchev–Trinajstić information content (AvgIpc) is 2.74. The maximum atomic E-state index is 8.69. The van der Waals surface area contributed by atoms with E-state index in [1.165, 1.54) is 18.5 Å². The summed E-state index contributed by atoms with van der Waals surface area (Å²) < 4.78 is 0. The number of aryl methyl sites for hydroxylation is 1. The van der Waals surface area contributed by atoms with E-state index in [2.05, 4.69) is 23.0 Å². The van der Waals surface area contributed by atoms with E-state index in [9.17, 15) is 0 Å². The molecule has 1 atom stereocenters. The Morgan fingerprint density at radius 3 is 2.82 bits per heavy atom. The summed E-state index contributed by atoms with van der Waals surface area (Å²) in [6.45, 7) is 5.35. The molecule has 92 valence electrons. The summed E-state index contributed by atoms with van der Waals surface area (Å²) in [4.78, 5) is 2.41. The molecule has 4 heteroatoms. The van der Waals surface area contributed by atoms with E-state index in [0.717, 1.165) is 17.7 Å². The zero-order chi connectivity index (χ0) is 12.4. The van der Waals surface area contributed by atoms with Gasteiger partial charge in [0.05, 0.1) is 0 Å². The molecule has 1 fully saturated rings. The Labute approximate surface area is 102 Å². The first-order valence-corrected chi connectivity index (χ1v) is 5.98. The van der Waals surface area contributed by atoms with Gasteiger partial charge in [0.25, 0.3) is 0 Å². The summed E-state index contributed by atoms with van der Waals surface area (Å²) in [5.74, 6) is 0.170. The number of oxime groups is 1. The van der Waals surface area contributed by atoms with Crippen molar-refractivity contribution in [1.29, 1.82) is 0 Å². The molecule has 0 amide bonds. The van der Waals surface area contributed by atoms with E-state index in [-0.39, 0.29) is 5.84 Å². The number of hydrogen-bond acceptors (Lipinski definition) is 3. The van der Waals surface area contributed by atoms with E-state index >= 15 is 0 Å². The van der Waals surface area contributed by atoms with E-state index in [0.29, 0.717) is 6.04 Å². The molecule has 17 heavy (non-hydrogen) atoms. The number of anilines is 1. The molecule has 4 nitrogen and oxygen atoms in total. The van der Waals surface area contributed by atoms with Crippen molar-refractivity contribution < 1.29 is 5.21 Å². The van der Waals surface area contributed by atoms with Crippen LogP contribution in [0.3, 0.4) is 0 Å². The Kier molecular flexibility index (Phi) is 3.22. The lowest BCUT2D eigenvalue weighted by molar-refractivity contribution is 0.318. The van der Waals surface area contributed by atoms with Crippen LogP contribution >= 0.6 is 0 Å². The van der Waals surface area contributed by atoms with E-state index in [1.54, 1.807) is 0 Å². The van der Waals surface area contributed by atoms with E-state index in [4.69, 9.17) is 10.9 Å². The normalized spacial score (nSPS) is 20.9. The summed E-state index contributed by atoms with van der Waals surface area (Å²) in [6.07, 6.45) is 2.50. The highest BCUT2D eigenvalue weighted by atomic mass is 16.4. The minimum atomic E-state index is 0.170. The second-order valence-corrected chi connectivity index (χ2v) is 4.67. The minimum Gasteiger partial charge on any atom is -0.409 e. The fourth-order valence-corrected chi connectivity index (χ4v) is 2.48. The van der Waals surface area contributed by atoms with Crippen LogP contribution in [0.5, 0.6) is 0 Å². The topological polar surface area (TPSA) is 61.8 Å². The predicted octanol–water partition coefficient (Wildman–Crippen LogP) is 2.08. The van der Waals surface area contributed by atoms with Crippen molar-refractivity contribution >= 4 is 11.5 Å². The molecule has 2 rings (SSSR count). The molecule has 1 aliphatic heterocycles. The highest BCUT2D eigenvalue weighted by molar-refractivity contribution is 5.98. The van der Waals surface area contributed by atoms with Crippen LogP contribution in [-0.4, -0.2) is 23.6 Å². The van der Waals surface area contributed by atoms with Gasteiger partial charge in [-0.1, -0.05) is 5.16 Å². The molecule has 1 aromatic carbocycles. The fourth-order valence-electron chi connectivity index (χ4n) is 2.48. The quantitative estimate of drug-likeness (QED) is 0.356. The fraction of sp³-hybridized carbons (Fsp3) is 0.462. The van der Waals surface area contributed by atoms with Gasteiger partial charge >= 0.3 is 0 Å². The van der Waals surface area contributed by atoms with Crippen LogP contribution in [0.25, 0.3) is 0 Å². The Hall–Kier alpha value is -1.71. The maximum absolute atomic E-state index is 8.69. The Morgan fingerprint density at radius 2 is 2.29 bits per heavy atom. The molecule has 1 unspecified atom stereocenters. The molecule has 3 N–H and O–H groups in total. The van der Waals surface area contributed by atoms with Crippen LogP contribution in [0.2, 0.25) is 0 Å². The maximum Gasteiger partial charge on any atom is 0.170 e. The number of benzene rings is 1. The molecule has 1 aliphatic rings. The van der Waals surface area contributed by atoms with E-state index < -0.39 is 0 Å². The smallest absolute Gasteiger partial charge is 0.170 e. The van der Waals surface area contributed by atoms with Crippen molar-refractivity contribution in [2.45, 2.75) is 32.7 Å². The zero-order valence-corrected chi connectivity index (χ0v) is 10.3. The van der Waals surface area contributed by atoms with Crippen LogP contribution in [0.15, 0.2) is 23.4 Å². The highest BCUT2D eigenvalue weighted by Crippen LogP contribution is 2.26. The second kappa shape index (κ2) is 4.65. The molecule has 1 saturated heterocycles. The lowest BCUT2D eigenvalue weighted by Crippen LogP contribution is -2.26. The third kappa shape index (κ3) is 2.20. The number of nitrogens with zero attached hydrogens (tertiary/aromatic N) is 2. The Morgan fingerprint density at radius 1 is 1.53 bits per heavy atom. The van der Waals surface area contributed by atoms with Gasteiger partial charge < -0.3 is 15.8 Å². The zero-order valence-electron chi connectivity index (χ0n) is 10.3. The molecule has 0 spiro atoms. The molecule has 0 bridgehead atoms. The second-order valence-electron chi connectivity index (χ2n) is 4.67. The number of hydrogen-bond donors (Lipinski definition) is 2. The first-order chi connectivity index (χ1) is 8.13. The third-order valence-corrected chi connectivity index (χ3v) is 3.48. The lowest BCUT2D eigenvalue weighted by atomic mass is 10.1. The first kappa shape index (κ1) is 11.8. The summed E-state index contributed by atoms with van der Waals surface area (Å²) in [6, 6.07) is 6.67. The van der Waals surface area contributed by atoms with Gasteiger partial charge in [-0.2, -0.15) is 0 Å². The summed E-state index contributed by atoms with van der Waals surface area (Å²) >= 11 is 0. The van der Waals surface area contributed by atoms with Gasteiger partial charge in [-0.25, -0.2) is 0 Å². The van der Waals surface area contributed by atoms with Crippen molar-refractivity contribution in [3.8, 4) is 0 Å². The van der Waals surface area contributed by atoms with Gasteiger partial charge in [0.1, 0.15) is 0 Å². The largest absolute Gasteiger partial charge is 0.409 e. The van der Waals surface area contributed by atoms with Gasteiger partial charge in [-0.15, -0.1) is 0 Å². The van der Waals surface area contributed by atoms with Crippen LogP contribution in [0, 0.1) is 6.92 Å². The average molecular weight is 233 g/mol. The number of amidine groups is 1. The van der Waals surface area contributed by atoms with E-state index in [1.807, 2.05) is 19.1 Å². The molecule has 0 saturated carbocycles.